The van der Waals surface area contributed by atoms with Gasteiger partial charge in [0, 0.05) is 17.3 Å². The summed E-state index contributed by atoms with van der Waals surface area (Å²) in [5, 5.41) is 17.2. The Balaban J connectivity index is 1.75. The Morgan fingerprint density at radius 3 is 2.39 bits per heavy atom. The SMILES string of the molecule is Cc1ccc(-c2ccc(=O)n(-c3c(C)noc3C)n2)cc1S(=O)(=O)Nc1ccc(C#N)cc1. The molecule has 4 rings (SSSR count). The smallest absolute Gasteiger partial charge is 0.271 e. The monoisotopic (exact) mass is 461 g/mol. The van der Waals surface area contributed by atoms with Crippen LogP contribution < -0.4 is 10.3 Å². The number of aromatic nitrogens is 3. The van der Waals surface area contributed by atoms with Crippen molar-refractivity contribution in [3.63, 3.8) is 0 Å². The van der Waals surface area contributed by atoms with Gasteiger partial charge in [-0.05, 0) is 62.7 Å². The van der Waals surface area contributed by atoms with E-state index in [2.05, 4.69) is 15.0 Å². The average Bonchev–Trinajstić information content (AvgIpc) is 3.12. The van der Waals surface area contributed by atoms with Crippen molar-refractivity contribution in [3.05, 3.63) is 87.5 Å². The highest BCUT2D eigenvalue weighted by Gasteiger charge is 2.20. The van der Waals surface area contributed by atoms with E-state index in [4.69, 9.17) is 9.78 Å². The quantitative estimate of drug-likeness (QED) is 0.481. The number of benzene rings is 2. The molecule has 2 heterocycles. The molecule has 0 saturated heterocycles. The molecule has 0 unspecified atom stereocenters. The minimum Gasteiger partial charge on any atom is -0.359 e. The zero-order chi connectivity index (χ0) is 23.8. The van der Waals surface area contributed by atoms with Gasteiger partial charge in [0.05, 0.1) is 22.2 Å². The predicted molar refractivity (Wildman–Crippen MR) is 122 cm³/mol. The Labute approximate surface area is 190 Å². The van der Waals surface area contributed by atoms with Gasteiger partial charge in [-0.1, -0.05) is 17.3 Å². The summed E-state index contributed by atoms with van der Waals surface area (Å²) < 4.78 is 35.0. The summed E-state index contributed by atoms with van der Waals surface area (Å²) in [7, 11) is -3.92. The van der Waals surface area contributed by atoms with Crippen LogP contribution in [0.5, 0.6) is 0 Å². The number of anilines is 1. The van der Waals surface area contributed by atoms with Gasteiger partial charge in [0.2, 0.25) is 0 Å². The molecule has 0 radical (unpaired) electrons. The lowest BCUT2D eigenvalue weighted by Gasteiger charge is -2.13. The third-order valence-corrected chi connectivity index (χ3v) is 6.57. The van der Waals surface area contributed by atoms with Crippen LogP contribution in [0.15, 0.2) is 68.8 Å². The molecule has 0 bridgehead atoms. The highest BCUT2D eigenvalue weighted by molar-refractivity contribution is 7.92. The van der Waals surface area contributed by atoms with Crippen molar-refractivity contribution in [2.75, 3.05) is 4.72 Å². The van der Waals surface area contributed by atoms with Gasteiger partial charge < -0.3 is 4.52 Å². The number of nitrogens with zero attached hydrogens (tertiary/aromatic N) is 4. The minimum absolute atomic E-state index is 0.0706. The van der Waals surface area contributed by atoms with E-state index < -0.39 is 10.0 Å². The van der Waals surface area contributed by atoms with E-state index in [0.717, 1.165) is 0 Å². The number of hydrogen-bond acceptors (Lipinski definition) is 7. The first-order valence-electron chi connectivity index (χ1n) is 9.87. The molecule has 1 N–H and O–H groups in total. The molecule has 0 spiro atoms. The van der Waals surface area contributed by atoms with Crippen LogP contribution in [-0.2, 0) is 10.0 Å². The highest BCUT2D eigenvalue weighted by Crippen LogP contribution is 2.26. The van der Waals surface area contributed by atoms with Crippen LogP contribution in [0.2, 0.25) is 0 Å². The molecule has 0 atom stereocenters. The molecular formula is C23H19N5O4S. The summed E-state index contributed by atoms with van der Waals surface area (Å²) in [6, 6.07) is 15.9. The molecule has 2 aromatic heterocycles. The van der Waals surface area contributed by atoms with Crippen LogP contribution in [0, 0.1) is 32.1 Å². The predicted octanol–water partition coefficient (Wildman–Crippen LogP) is 3.49. The number of aryl methyl sites for hydroxylation is 3. The molecule has 2 aromatic carbocycles. The minimum atomic E-state index is -3.92. The topological polar surface area (TPSA) is 131 Å². The first-order chi connectivity index (χ1) is 15.7. The number of nitriles is 1. The second-order valence-corrected chi connectivity index (χ2v) is 9.07. The summed E-state index contributed by atoms with van der Waals surface area (Å²) in [6.07, 6.45) is 0. The first kappa shape index (κ1) is 22.0. The molecule has 0 aliphatic heterocycles. The van der Waals surface area contributed by atoms with E-state index in [9.17, 15) is 13.2 Å². The van der Waals surface area contributed by atoms with E-state index >= 15 is 0 Å². The average molecular weight is 462 g/mol. The number of nitrogens with one attached hydrogen (secondary N) is 1. The zero-order valence-electron chi connectivity index (χ0n) is 18.0. The highest BCUT2D eigenvalue weighted by atomic mass is 32.2. The van der Waals surface area contributed by atoms with Gasteiger partial charge in [0.15, 0.2) is 5.76 Å². The van der Waals surface area contributed by atoms with Crippen molar-refractivity contribution in [2.24, 2.45) is 0 Å². The maximum Gasteiger partial charge on any atom is 0.271 e. The Morgan fingerprint density at radius 1 is 1.03 bits per heavy atom. The van der Waals surface area contributed by atoms with Crippen LogP contribution >= 0.6 is 0 Å². The molecule has 0 aliphatic rings. The Kier molecular flexibility index (Phi) is 5.57. The van der Waals surface area contributed by atoms with Gasteiger partial charge in [-0.3, -0.25) is 9.52 Å². The Hall–Kier alpha value is -4.23. The van der Waals surface area contributed by atoms with Crippen LogP contribution in [0.1, 0.15) is 22.6 Å². The lowest BCUT2D eigenvalue weighted by atomic mass is 10.1. The van der Waals surface area contributed by atoms with Gasteiger partial charge in [-0.25, -0.2) is 8.42 Å². The van der Waals surface area contributed by atoms with Gasteiger partial charge >= 0.3 is 0 Å². The third-order valence-electron chi connectivity index (χ3n) is 5.05. The summed E-state index contributed by atoms with van der Waals surface area (Å²) in [4.78, 5) is 12.5. The lowest BCUT2D eigenvalue weighted by Crippen LogP contribution is -2.21. The van der Waals surface area contributed by atoms with E-state index in [-0.39, 0.29) is 10.5 Å². The van der Waals surface area contributed by atoms with Crippen molar-refractivity contribution in [1.29, 1.82) is 5.26 Å². The molecule has 4 aromatic rings. The second kappa shape index (κ2) is 8.37. The molecule has 0 fully saturated rings. The van der Waals surface area contributed by atoms with Gasteiger partial charge in [-0.2, -0.15) is 15.0 Å². The fourth-order valence-electron chi connectivity index (χ4n) is 3.38. The number of hydrogen-bond donors (Lipinski definition) is 1. The molecule has 33 heavy (non-hydrogen) atoms. The van der Waals surface area contributed by atoms with Crippen molar-refractivity contribution in [3.8, 4) is 23.0 Å². The summed E-state index contributed by atoms with van der Waals surface area (Å²) in [5.41, 5.74) is 2.82. The largest absolute Gasteiger partial charge is 0.359 e. The fraction of sp³-hybridized carbons (Fsp3) is 0.130. The molecule has 9 nitrogen and oxygen atoms in total. The van der Waals surface area contributed by atoms with Crippen LogP contribution in [0.3, 0.4) is 0 Å². The fourth-order valence-corrected chi connectivity index (χ4v) is 4.71. The van der Waals surface area contributed by atoms with E-state index in [1.54, 1.807) is 32.9 Å². The number of sulfonamides is 1. The molecular weight excluding hydrogens is 442 g/mol. The van der Waals surface area contributed by atoms with Crippen LogP contribution in [-0.4, -0.2) is 23.4 Å². The second-order valence-electron chi connectivity index (χ2n) is 7.42. The van der Waals surface area contributed by atoms with Gasteiger partial charge in [-0.15, -0.1) is 0 Å². The van der Waals surface area contributed by atoms with Crippen molar-refractivity contribution in [2.45, 2.75) is 25.7 Å². The Bertz CT molecular complexity index is 1540. The van der Waals surface area contributed by atoms with E-state index in [1.165, 1.54) is 47.1 Å². The van der Waals surface area contributed by atoms with Crippen molar-refractivity contribution >= 4 is 15.7 Å². The first-order valence-corrected chi connectivity index (χ1v) is 11.4. The van der Waals surface area contributed by atoms with Gasteiger partial charge in [0.1, 0.15) is 11.4 Å². The van der Waals surface area contributed by atoms with E-state index in [0.29, 0.717) is 45.2 Å². The maximum absolute atomic E-state index is 13.1. The molecule has 10 heteroatoms. The van der Waals surface area contributed by atoms with Crippen LogP contribution in [0.25, 0.3) is 16.9 Å². The van der Waals surface area contributed by atoms with E-state index in [1.807, 2.05) is 6.07 Å². The standard InChI is InChI=1S/C23H19N5O4S/c1-14-4-7-18(12-21(14)33(30,31)27-19-8-5-17(13-24)6-9-19)20-10-11-22(29)28(25-20)23-15(2)26-32-16(23)3/h4-12,27H,1-3H3. The lowest BCUT2D eigenvalue weighted by molar-refractivity contribution is 0.392. The summed E-state index contributed by atoms with van der Waals surface area (Å²) in [5.74, 6) is 0.443. The summed E-state index contributed by atoms with van der Waals surface area (Å²) >= 11 is 0. The zero-order valence-corrected chi connectivity index (χ0v) is 18.8. The van der Waals surface area contributed by atoms with Crippen molar-refractivity contribution < 1.29 is 12.9 Å². The van der Waals surface area contributed by atoms with Gasteiger partial charge in [0.25, 0.3) is 15.6 Å². The molecule has 166 valence electrons. The van der Waals surface area contributed by atoms with Crippen molar-refractivity contribution in [1.82, 2.24) is 14.9 Å². The Morgan fingerprint density at radius 2 is 1.76 bits per heavy atom. The summed E-state index contributed by atoms with van der Waals surface area (Å²) in [6.45, 7) is 5.08. The molecule has 0 aliphatic carbocycles. The molecule has 0 saturated carbocycles. The van der Waals surface area contributed by atoms with Crippen LogP contribution in [0.4, 0.5) is 5.69 Å². The third kappa shape index (κ3) is 4.26. The molecule has 0 amide bonds. The maximum atomic E-state index is 13.1. The number of rotatable bonds is 5. The normalized spacial score (nSPS) is 11.2.